The quantitative estimate of drug-likeness (QED) is 0.0918. The number of carbonyl (C=O) groups is 3. The van der Waals surface area contributed by atoms with Crippen molar-refractivity contribution in [2.45, 2.75) is 85.6 Å². The van der Waals surface area contributed by atoms with Gasteiger partial charge in [-0.15, -0.1) is 0 Å². The second-order valence-corrected chi connectivity index (χ2v) is 17.5. The number of phenolic OH excluding ortho intramolecular Hbond substituents is 1. The second-order valence-electron chi connectivity index (χ2n) is 17.1. The van der Waals surface area contributed by atoms with Gasteiger partial charge < -0.3 is 53.6 Å². The van der Waals surface area contributed by atoms with Crippen LogP contribution in [0.25, 0.3) is 33.3 Å². The number of halogens is 1. The molecule has 1 amide bonds. The van der Waals surface area contributed by atoms with Crippen LogP contribution in [0.5, 0.6) is 17.2 Å². The minimum absolute atomic E-state index is 0.0404. The smallest absolute Gasteiger partial charge is 0.312 e. The number of likely N-dealkylation sites (N-methyl/N-ethyl adjacent to an activating group) is 1. The number of carbonyl (C=O) groups excluding carboxylic acids is 3. The molecule has 1 aliphatic carbocycles. The molecule has 0 unspecified atom stereocenters. The number of aromatic hydroxyl groups is 1. The van der Waals surface area contributed by atoms with Crippen molar-refractivity contribution >= 4 is 56.8 Å². The summed E-state index contributed by atoms with van der Waals surface area (Å²) in [7, 11) is 5.22. The molecule has 0 fully saturated rings. The Labute approximate surface area is 375 Å². The maximum absolute atomic E-state index is 14.7. The van der Waals surface area contributed by atoms with E-state index in [-0.39, 0.29) is 78.8 Å². The van der Waals surface area contributed by atoms with Crippen LogP contribution in [0.1, 0.15) is 64.4 Å². The SMILES string of the molecule is CO[C@H]1/C=C/O[C@@]2(C)Oc3c(C)c(O)c4c(=O)c(c5oc6cc(OCCN(C)C)c(Cl)cc6nc-5c4c3C2=O)NC(=O)/C(C)=C\C=C\[C@H](C)[C@H](O)[C@@H](C)[C@@H](O)[C@@H](C)[C@H](OC(C)=O)[C@@H]1C. The van der Waals surface area contributed by atoms with Crippen LogP contribution in [0.2, 0.25) is 5.02 Å². The van der Waals surface area contributed by atoms with Crippen molar-refractivity contribution in [3.8, 4) is 28.7 Å². The van der Waals surface area contributed by atoms with Gasteiger partial charge in [-0.25, -0.2) is 4.98 Å². The van der Waals surface area contributed by atoms with Crippen molar-refractivity contribution in [1.29, 1.82) is 0 Å². The molecule has 17 heteroatoms. The van der Waals surface area contributed by atoms with Gasteiger partial charge in [0.15, 0.2) is 11.3 Å². The molecule has 344 valence electrons. The van der Waals surface area contributed by atoms with E-state index in [1.807, 2.05) is 19.0 Å². The topological polar surface area (TPSA) is 216 Å². The molecule has 0 saturated heterocycles. The number of hydrogen-bond donors (Lipinski definition) is 4. The third-order valence-electron chi connectivity index (χ3n) is 12.2. The number of rotatable bonds is 6. The highest BCUT2D eigenvalue weighted by atomic mass is 35.5. The Bertz CT molecular complexity index is 2600. The fraction of sp³-hybridized carbons (Fsp3) is 0.468. The summed E-state index contributed by atoms with van der Waals surface area (Å²) in [5.74, 6) is -7.20. The molecule has 16 nitrogen and oxygen atoms in total. The van der Waals surface area contributed by atoms with Crippen LogP contribution in [-0.2, 0) is 23.8 Å². The lowest BCUT2D eigenvalue weighted by Gasteiger charge is -2.38. The number of ether oxygens (including phenoxy) is 5. The predicted molar refractivity (Wildman–Crippen MR) is 240 cm³/mol. The molecule has 4 N–H and O–H groups in total. The van der Waals surface area contributed by atoms with Crippen molar-refractivity contribution in [2.24, 2.45) is 23.7 Å². The van der Waals surface area contributed by atoms with Crippen molar-refractivity contribution in [3.05, 3.63) is 74.6 Å². The molecule has 2 aromatic rings. The van der Waals surface area contributed by atoms with Crippen LogP contribution in [0.3, 0.4) is 0 Å². The number of aliphatic hydroxyl groups excluding tert-OH is 2. The Morgan fingerprint density at radius 1 is 1.02 bits per heavy atom. The fourth-order valence-electron chi connectivity index (χ4n) is 8.26. The number of allylic oxidation sites excluding steroid dienone is 2. The van der Waals surface area contributed by atoms with Gasteiger partial charge in [0.2, 0.25) is 5.43 Å². The minimum Gasteiger partial charge on any atom is -0.507 e. The van der Waals surface area contributed by atoms with E-state index in [0.717, 1.165) is 0 Å². The Hall–Kier alpha value is -5.52. The van der Waals surface area contributed by atoms with E-state index in [9.17, 15) is 34.5 Å². The number of aliphatic hydroxyl groups is 2. The molecule has 4 aliphatic rings. The monoisotopic (exact) mass is 905 g/mol. The number of hydrogen-bond acceptors (Lipinski definition) is 15. The summed E-state index contributed by atoms with van der Waals surface area (Å²) in [5, 5.41) is 37.2. The highest BCUT2D eigenvalue weighted by Gasteiger charge is 2.50. The average Bonchev–Trinajstić information content (AvgIpc) is 3.51. The second kappa shape index (κ2) is 18.9. The number of benzene rings is 3. The standard InChI is InChI=1S/C47H56ClN3O13/c1-21-13-12-14-22(2)46(58)50-37-41(56)34-33(36-44(37)63-32-20-31(60-18-16-51(9)10)28(48)19-29(32)49-36)35-43(26(6)40(34)55)64-47(8,45(35)57)61-17-15-30(59-11)23(3)42(62-27(7)52)25(5)39(54)24(4)38(21)53/h12-15,17,19-21,23-25,30,38-39,42,53-55H,16,18H2,1-11H3,(H,50,58)/b13-12+,17-15+,22-14-/t21-,23+,24+,25+,30-,38-,39+,42+,47-/m0/s1. The number of ketones is 1. The number of anilines is 1. The molecule has 0 radical (unpaired) electrons. The lowest BCUT2D eigenvalue weighted by atomic mass is 9.78. The summed E-state index contributed by atoms with van der Waals surface area (Å²) in [6.07, 6.45) is 3.49. The average molecular weight is 906 g/mol. The van der Waals surface area contributed by atoms with Crippen LogP contribution in [-0.4, -0.2) is 107 Å². The van der Waals surface area contributed by atoms with Gasteiger partial charge in [0.1, 0.15) is 46.9 Å². The summed E-state index contributed by atoms with van der Waals surface area (Å²) >= 11 is 6.67. The van der Waals surface area contributed by atoms with Crippen molar-refractivity contribution in [3.63, 3.8) is 0 Å². The third kappa shape index (κ3) is 9.07. The van der Waals surface area contributed by atoms with Crippen LogP contribution >= 0.6 is 11.6 Å². The first-order chi connectivity index (χ1) is 30.1. The number of fused-ring (bicyclic) bond motifs is 2. The number of Topliss-reactive ketones (excluding diaryl/α,β-unsaturated/α-hetero) is 1. The molecule has 0 spiro atoms. The summed E-state index contributed by atoms with van der Waals surface area (Å²) in [5.41, 5.74) is -0.942. The number of methoxy groups -OCH3 is 1. The lowest BCUT2D eigenvalue weighted by molar-refractivity contribution is -0.160. The van der Waals surface area contributed by atoms with Crippen molar-refractivity contribution in [2.75, 3.05) is 39.7 Å². The van der Waals surface area contributed by atoms with Gasteiger partial charge in [-0.2, -0.15) is 0 Å². The molecule has 0 saturated carbocycles. The van der Waals surface area contributed by atoms with E-state index in [4.69, 9.17) is 44.7 Å². The first kappa shape index (κ1) is 47.9. The zero-order valence-electron chi connectivity index (χ0n) is 37.8. The Morgan fingerprint density at radius 3 is 2.38 bits per heavy atom. The van der Waals surface area contributed by atoms with Crippen LogP contribution in [0, 0.1) is 30.6 Å². The van der Waals surface area contributed by atoms with E-state index in [1.165, 1.54) is 65.4 Å². The van der Waals surface area contributed by atoms with Crippen molar-refractivity contribution in [1.82, 2.24) is 9.88 Å². The number of phenols is 1. The highest BCUT2D eigenvalue weighted by Crippen LogP contribution is 2.51. The Kier molecular flexibility index (Phi) is 14.2. The fourth-order valence-corrected chi connectivity index (χ4v) is 8.47. The zero-order chi connectivity index (χ0) is 47.1. The number of esters is 1. The normalized spacial score (nSPS) is 28.8. The largest absolute Gasteiger partial charge is 0.507 e. The third-order valence-corrected chi connectivity index (χ3v) is 12.5. The van der Waals surface area contributed by atoms with Gasteiger partial charge in [0.05, 0.1) is 40.5 Å². The number of nitrogens with zero attached hydrogens (tertiary/aromatic N) is 2. The Balaban J connectivity index is 1.59. The molecule has 3 aliphatic heterocycles. The van der Waals surface area contributed by atoms with E-state index in [0.29, 0.717) is 6.54 Å². The molecule has 9 atom stereocenters. The van der Waals surface area contributed by atoms with Crippen molar-refractivity contribution < 1.29 is 57.8 Å². The summed E-state index contributed by atoms with van der Waals surface area (Å²) in [4.78, 5) is 62.5. The van der Waals surface area contributed by atoms with Gasteiger partial charge in [-0.3, -0.25) is 19.2 Å². The molecule has 6 rings (SSSR count). The lowest BCUT2D eigenvalue weighted by Crippen LogP contribution is -2.46. The molecule has 2 aromatic carbocycles. The van der Waals surface area contributed by atoms with Crippen LogP contribution in [0.4, 0.5) is 5.69 Å². The Morgan fingerprint density at radius 2 is 1.72 bits per heavy atom. The summed E-state index contributed by atoms with van der Waals surface area (Å²) < 4.78 is 36.2. The molecule has 0 aromatic heterocycles. The summed E-state index contributed by atoms with van der Waals surface area (Å²) in [6.45, 7) is 13.4. The van der Waals surface area contributed by atoms with Crippen LogP contribution < -0.4 is 20.2 Å². The van der Waals surface area contributed by atoms with E-state index < -0.39 is 82.7 Å². The molecule has 3 heterocycles. The molecule has 4 bridgehead atoms. The summed E-state index contributed by atoms with van der Waals surface area (Å²) in [6, 6.07) is 3.01. The molecular formula is C47H56ClN3O13. The van der Waals surface area contributed by atoms with Gasteiger partial charge in [0, 0.05) is 73.8 Å². The first-order valence-corrected chi connectivity index (χ1v) is 21.4. The van der Waals surface area contributed by atoms with E-state index in [1.54, 1.807) is 39.8 Å². The van der Waals surface area contributed by atoms with Crippen LogP contribution in [0.15, 0.2) is 57.5 Å². The number of amides is 1. The number of nitrogens with one attached hydrogen (secondary N) is 1. The first-order valence-electron chi connectivity index (χ1n) is 21.0. The minimum atomic E-state index is -2.06. The highest BCUT2D eigenvalue weighted by molar-refractivity contribution is 6.32. The molecular weight excluding hydrogens is 850 g/mol. The maximum atomic E-state index is 14.7. The van der Waals surface area contributed by atoms with Gasteiger partial charge in [-0.1, -0.05) is 57.5 Å². The van der Waals surface area contributed by atoms with Gasteiger partial charge in [0.25, 0.3) is 11.7 Å². The molecule has 64 heavy (non-hydrogen) atoms. The maximum Gasteiger partial charge on any atom is 0.312 e. The zero-order valence-corrected chi connectivity index (χ0v) is 38.5. The van der Waals surface area contributed by atoms with Gasteiger partial charge in [-0.05, 0) is 40.1 Å². The van der Waals surface area contributed by atoms with Gasteiger partial charge >= 0.3 is 11.8 Å². The number of aromatic nitrogens is 1. The van der Waals surface area contributed by atoms with E-state index in [2.05, 4.69) is 5.32 Å². The predicted octanol–water partition coefficient (Wildman–Crippen LogP) is 6.54. The van der Waals surface area contributed by atoms with E-state index >= 15 is 0 Å².